The molecule has 160 valence electrons. The van der Waals surface area contributed by atoms with Crippen LogP contribution < -0.4 is 27.4 Å². The molecule has 0 aromatic carbocycles. The first-order valence-corrected chi connectivity index (χ1v) is 8.99. The third kappa shape index (κ3) is 8.61. The number of hydrogen-bond donors (Lipinski definition) is 8. The molecule has 0 saturated heterocycles. The summed E-state index contributed by atoms with van der Waals surface area (Å²) in [6.45, 7) is -0.588. The van der Waals surface area contributed by atoms with Crippen LogP contribution in [0.5, 0.6) is 0 Å². The summed E-state index contributed by atoms with van der Waals surface area (Å²) in [6.07, 6.45) is 2.21. The van der Waals surface area contributed by atoms with Crippen LogP contribution in [0.1, 0.15) is 12.1 Å². The molecule has 1 rings (SSSR count). The maximum Gasteiger partial charge on any atom is 0.326 e. The van der Waals surface area contributed by atoms with Crippen molar-refractivity contribution in [2.75, 3.05) is 12.3 Å². The molecule has 29 heavy (non-hydrogen) atoms. The quantitative estimate of drug-likeness (QED) is 0.154. The van der Waals surface area contributed by atoms with Crippen LogP contribution in [0.3, 0.4) is 0 Å². The van der Waals surface area contributed by atoms with Gasteiger partial charge in [-0.05, 0) is 0 Å². The Kier molecular flexibility index (Phi) is 9.61. The van der Waals surface area contributed by atoms with Crippen molar-refractivity contribution in [1.82, 2.24) is 25.9 Å². The number of aromatic amines is 1. The maximum atomic E-state index is 12.2. The number of carbonyl (C=O) groups excluding carboxylic acids is 4. The SMILES string of the molecule is NC(=O)CC(NC(=O)C(N)CS)C(=O)NCC(=O)NC(Cc1cnc[nH]1)C(=O)O. The number of aliphatic carboxylic acids is 1. The summed E-state index contributed by atoms with van der Waals surface area (Å²) < 4.78 is 0. The van der Waals surface area contributed by atoms with Crippen molar-refractivity contribution < 1.29 is 29.1 Å². The largest absolute Gasteiger partial charge is 0.480 e. The highest BCUT2D eigenvalue weighted by Crippen LogP contribution is 1.99. The molecule has 14 heteroatoms. The summed E-state index contributed by atoms with van der Waals surface area (Å²) in [6, 6.07) is -3.61. The number of carboxylic acid groups (broad SMARTS) is 1. The third-order valence-electron chi connectivity index (χ3n) is 3.61. The number of H-pyrrole nitrogens is 1. The van der Waals surface area contributed by atoms with Gasteiger partial charge >= 0.3 is 5.97 Å². The van der Waals surface area contributed by atoms with Gasteiger partial charge in [0.2, 0.25) is 23.6 Å². The molecule has 1 aromatic rings. The Morgan fingerprint density at radius 1 is 1.17 bits per heavy atom. The lowest BCUT2D eigenvalue weighted by molar-refractivity contribution is -0.141. The van der Waals surface area contributed by atoms with Gasteiger partial charge in [-0.3, -0.25) is 19.2 Å². The smallest absolute Gasteiger partial charge is 0.326 e. The molecule has 13 nitrogen and oxygen atoms in total. The van der Waals surface area contributed by atoms with Crippen LogP contribution in [0.2, 0.25) is 0 Å². The second-order valence-corrected chi connectivity index (χ2v) is 6.34. The normalized spacial score (nSPS) is 13.6. The number of thiol groups is 1. The Morgan fingerprint density at radius 2 is 1.86 bits per heavy atom. The van der Waals surface area contributed by atoms with Crippen molar-refractivity contribution in [2.24, 2.45) is 11.5 Å². The molecule has 4 amide bonds. The van der Waals surface area contributed by atoms with Crippen molar-refractivity contribution in [3.63, 3.8) is 0 Å². The summed E-state index contributed by atoms with van der Waals surface area (Å²) in [5, 5.41) is 15.9. The Labute approximate surface area is 170 Å². The average Bonchev–Trinajstić information content (AvgIpc) is 3.16. The number of rotatable bonds is 12. The number of carboxylic acids is 1. The fourth-order valence-corrected chi connectivity index (χ4v) is 2.29. The number of nitrogens with two attached hydrogens (primary N) is 2. The van der Waals surface area contributed by atoms with Crippen molar-refractivity contribution in [3.05, 3.63) is 18.2 Å². The zero-order valence-corrected chi connectivity index (χ0v) is 16.1. The summed E-state index contributed by atoms with van der Waals surface area (Å²) >= 11 is 3.86. The van der Waals surface area contributed by atoms with E-state index in [-0.39, 0.29) is 12.2 Å². The van der Waals surface area contributed by atoms with E-state index in [1.54, 1.807) is 0 Å². The second kappa shape index (κ2) is 11.7. The first-order valence-electron chi connectivity index (χ1n) is 8.36. The van der Waals surface area contributed by atoms with Crippen molar-refractivity contribution in [2.45, 2.75) is 31.0 Å². The maximum absolute atomic E-state index is 12.2. The van der Waals surface area contributed by atoms with Gasteiger partial charge in [-0.2, -0.15) is 12.6 Å². The minimum Gasteiger partial charge on any atom is -0.480 e. The van der Waals surface area contributed by atoms with Gasteiger partial charge in [-0.25, -0.2) is 9.78 Å². The first kappa shape index (κ1) is 23.9. The number of hydrogen-bond acceptors (Lipinski definition) is 8. The topological polar surface area (TPSA) is 222 Å². The molecule has 3 unspecified atom stereocenters. The molecule has 9 N–H and O–H groups in total. The van der Waals surface area contributed by atoms with Crippen LogP contribution in [0.25, 0.3) is 0 Å². The first-order chi connectivity index (χ1) is 13.6. The summed E-state index contributed by atoms with van der Waals surface area (Å²) in [5.74, 6) is -4.51. The predicted molar refractivity (Wildman–Crippen MR) is 102 cm³/mol. The molecule has 0 aliphatic rings. The van der Waals surface area contributed by atoms with Crippen molar-refractivity contribution >= 4 is 42.2 Å². The lowest BCUT2D eigenvalue weighted by Crippen LogP contribution is -2.54. The fourth-order valence-electron chi connectivity index (χ4n) is 2.12. The highest BCUT2D eigenvalue weighted by Gasteiger charge is 2.26. The van der Waals surface area contributed by atoms with Gasteiger partial charge in [0.1, 0.15) is 12.1 Å². The van der Waals surface area contributed by atoms with E-state index in [1.165, 1.54) is 12.5 Å². The number of imidazole rings is 1. The van der Waals surface area contributed by atoms with Crippen LogP contribution in [0.15, 0.2) is 12.5 Å². The second-order valence-electron chi connectivity index (χ2n) is 5.98. The van der Waals surface area contributed by atoms with Crippen LogP contribution in [0.4, 0.5) is 0 Å². The van der Waals surface area contributed by atoms with E-state index in [1.807, 2.05) is 0 Å². The Morgan fingerprint density at radius 3 is 2.38 bits per heavy atom. The average molecular weight is 429 g/mol. The van der Waals surface area contributed by atoms with Crippen molar-refractivity contribution in [3.8, 4) is 0 Å². The van der Waals surface area contributed by atoms with Crippen LogP contribution in [-0.4, -0.2) is 75.1 Å². The summed E-state index contributed by atoms with van der Waals surface area (Å²) in [7, 11) is 0. The standard InChI is InChI=1S/C15H23N7O6S/c16-8(5-29)13(25)22-9(2-11(17)23)14(26)19-4-12(24)21-10(15(27)28)1-7-3-18-6-20-7/h3,6,8-10,29H,1-2,4-5,16H2,(H2,17,23)(H,18,20)(H,19,26)(H,21,24)(H,22,25)(H,27,28). The van der Waals surface area contributed by atoms with Gasteiger partial charge in [0.15, 0.2) is 0 Å². The molecule has 0 aliphatic carbocycles. The molecule has 0 saturated carbocycles. The molecule has 0 fully saturated rings. The third-order valence-corrected chi connectivity index (χ3v) is 4.00. The Hall–Kier alpha value is -3.13. The highest BCUT2D eigenvalue weighted by molar-refractivity contribution is 7.80. The highest BCUT2D eigenvalue weighted by atomic mass is 32.1. The van der Waals surface area contributed by atoms with E-state index in [2.05, 4.69) is 38.5 Å². The monoisotopic (exact) mass is 429 g/mol. The zero-order chi connectivity index (χ0) is 22.0. The van der Waals surface area contributed by atoms with Gasteiger partial charge in [0.25, 0.3) is 0 Å². The van der Waals surface area contributed by atoms with Crippen LogP contribution >= 0.6 is 12.6 Å². The number of amides is 4. The predicted octanol–water partition coefficient (Wildman–Crippen LogP) is -3.74. The van der Waals surface area contributed by atoms with E-state index in [9.17, 15) is 29.1 Å². The minimum absolute atomic E-state index is 0.00601. The molecule has 1 heterocycles. The molecule has 0 bridgehead atoms. The lowest BCUT2D eigenvalue weighted by atomic mass is 10.1. The summed E-state index contributed by atoms with van der Waals surface area (Å²) in [5.41, 5.74) is 11.1. The molecule has 0 radical (unpaired) electrons. The van der Waals surface area contributed by atoms with Gasteiger partial charge in [-0.1, -0.05) is 0 Å². The van der Waals surface area contributed by atoms with Gasteiger partial charge in [-0.15, -0.1) is 0 Å². The Bertz CT molecular complexity index is 742. The number of primary amides is 1. The fraction of sp³-hybridized carbons (Fsp3) is 0.467. The minimum atomic E-state index is -1.35. The lowest BCUT2D eigenvalue weighted by Gasteiger charge is -2.19. The van der Waals surface area contributed by atoms with E-state index < -0.39 is 60.7 Å². The van der Waals surface area contributed by atoms with E-state index in [0.717, 1.165) is 0 Å². The van der Waals surface area contributed by atoms with Crippen molar-refractivity contribution in [1.29, 1.82) is 0 Å². The van der Waals surface area contributed by atoms with Crippen LogP contribution in [-0.2, 0) is 30.4 Å². The molecule has 0 aliphatic heterocycles. The molecular weight excluding hydrogens is 406 g/mol. The van der Waals surface area contributed by atoms with Gasteiger partial charge < -0.3 is 37.5 Å². The van der Waals surface area contributed by atoms with Crippen LogP contribution in [0, 0.1) is 0 Å². The molecule has 0 spiro atoms. The van der Waals surface area contributed by atoms with Gasteiger partial charge in [0.05, 0.1) is 25.3 Å². The van der Waals surface area contributed by atoms with E-state index in [0.29, 0.717) is 5.69 Å². The molecular formula is C15H23N7O6S. The zero-order valence-electron chi connectivity index (χ0n) is 15.3. The molecule has 3 atom stereocenters. The number of carbonyl (C=O) groups is 5. The number of nitrogens with zero attached hydrogens (tertiary/aromatic N) is 1. The van der Waals surface area contributed by atoms with E-state index >= 15 is 0 Å². The van der Waals surface area contributed by atoms with E-state index in [4.69, 9.17) is 11.5 Å². The van der Waals surface area contributed by atoms with Gasteiger partial charge in [0, 0.05) is 24.1 Å². The molecule has 1 aromatic heterocycles. The number of aromatic nitrogens is 2. The number of nitrogens with one attached hydrogen (secondary N) is 4. The summed E-state index contributed by atoms with van der Waals surface area (Å²) in [4.78, 5) is 64.9. The Balaban J connectivity index is 2.62.